The average molecular weight is 218 g/mol. The first-order valence-corrected chi connectivity index (χ1v) is 6.09. The number of rotatable bonds is 1. The molecule has 17 heavy (non-hydrogen) atoms. The van der Waals surface area contributed by atoms with Crippen molar-refractivity contribution < 1.29 is 0 Å². The SMILES string of the molecule is C(#Cc1ccc(C2CC2)cc1)c1ccccc1. The number of hydrogen-bond donors (Lipinski definition) is 0. The van der Waals surface area contributed by atoms with Crippen LogP contribution in [-0.2, 0) is 0 Å². The Morgan fingerprint density at radius 2 is 1.29 bits per heavy atom. The second-order valence-electron chi connectivity index (χ2n) is 4.51. The Labute approximate surface area is 102 Å². The lowest BCUT2D eigenvalue weighted by molar-refractivity contribution is 1.13. The highest BCUT2D eigenvalue weighted by Gasteiger charge is 2.22. The third-order valence-corrected chi connectivity index (χ3v) is 3.08. The van der Waals surface area contributed by atoms with Crippen molar-refractivity contribution in [2.75, 3.05) is 0 Å². The van der Waals surface area contributed by atoms with E-state index in [1.165, 1.54) is 18.4 Å². The minimum Gasteiger partial charge on any atom is -0.0622 e. The second kappa shape index (κ2) is 4.47. The molecule has 0 spiro atoms. The second-order valence-corrected chi connectivity index (χ2v) is 4.51. The van der Waals surface area contributed by atoms with Crippen molar-refractivity contribution in [1.29, 1.82) is 0 Å². The lowest BCUT2D eigenvalue weighted by Gasteiger charge is -1.96. The highest BCUT2D eigenvalue weighted by atomic mass is 14.3. The minimum absolute atomic E-state index is 0.825. The smallest absolute Gasteiger partial charge is 0.0249 e. The van der Waals surface area contributed by atoms with E-state index in [0.29, 0.717) is 0 Å². The molecule has 0 bridgehead atoms. The van der Waals surface area contributed by atoms with Gasteiger partial charge in [0, 0.05) is 11.1 Å². The highest BCUT2D eigenvalue weighted by molar-refractivity contribution is 5.43. The van der Waals surface area contributed by atoms with Crippen LogP contribution in [0.15, 0.2) is 54.6 Å². The van der Waals surface area contributed by atoms with E-state index < -0.39 is 0 Å². The van der Waals surface area contributed by atoms with Gasteiger partial charge in [0.25, 0.3) is 0 Å². The molecular weight excluding hydrogens is 204 g/mol. The predicted octanol–water partition coefficient (Wildman–Crippen LogP) is 3.96. The fraction of sp³-hybridized carbons (Fsp3) is 0.176. The number of benzene rings is 2. The summed E-state index contributed by atoms with van der Waals surface area (Å²) in [5.74, 6) is 7.20. The molecule has 0 heterocycles. The van der Waals surface area contributed by atoms with Crippen LogP contribution in [0.4, 0.5) is 0 Å². The maximum atomic E-state index is 3.20. The normalized spacial score (nSPS) is 13.9. The molecule has 1 saturated carbocycles. The summed E-state index contributed by atoms with van der Waals surface area (Å²) >= 11 is 0. The quantitative estimate of drug-likeness (QED) is 0.635. The summed E-state index contributed by atoms with van der Waals surface area (Å²) in [5, 5.41) is 0. The van der Waals surface area contributed by atoms with Crippen LogP contribution in [0.1, 0.15) is 35.4 Å². The zero-order valence-corrected chi connectivity index (χ0v) is 9.69. The van der Waals surface area contributed by atoms with Gasteiger partial charge >= 0.3 is 0 Å². The van der Waals surface area contributed by atoms with Crippen molar-refractivity contribution in [3.05, 3.63) is 71.3 Å². The van der Waals surface area contributed by atoms with Crippen LogP contribution < -0.4 is 0 Å². The van der Waals surface area contributed by atoms with E-state index in [2.05, 4.69) is 36.1 Å². The summed E-state index contributed by atoms with van der Waals surface area (Å²) in [7, 11) is 0. The molecule has 0 unspecified atom stereocenters. The molecule has 2 aromatic carbocycles. The molecule has 0 radical (unpaired) electrons. The third-order valence-electron chi connectivity index (χ3n) is 3.08. The summed E-state index contributed by atoms with van der Waals surface area (Å²) in [6.45, 7) is 0. The van der Waals surface area contributed by atoms with Crippen molar-refractivity contribution in [1.82, 2.24) is 0 Å². The minimum atomic E-state index is 0.825. The molecule has 1 fully saturated rings. The summed E-state index contributed by atoms with van der Waals surface area (Å²) in [4.78, 5) is 0. The Balaban J connectivity index is 1.79. The first kappa shape index (κ1) is 10.2. The van der Waals surface area contributed by atoms with Gasteiger partial charge in [-0.15, -0.1) is 0 Å². The van der Waals surface area contributed by atoms with Crippen LogP contribution in [0, 0.1) is 11.8 Å². The van der Waals surface area contributed by atoms with Crippen molar-refractivity contribution >= 4 is 0 Å². The van der Waals surface area contributed by atoms with E-state index in [4.69, 9.17) is 0 Å². The van der Waals surface area contributed by atoms with E-state index in [1.54, 1.807) is 0 Å². The molecule has 1 aliphatic rings. The lowest BCUT2D eigenvalue weighted by Crippen LogP contribution is -1.80. The maximum absolute atomic E-state index is 3.20. The van der Waals surface area contributed by atoms with Gasteiger partial charge in [-0.25, -0.2) is 0 Å². The molecule has 0 N–H and O–H groups in total. The van der Waals surface area contributed by atoms with Gasteiger partial charge in [-0.1, -0.05) is 42.2 Å². The lowest BCUT2D eigenvalue weighted by atomic mass is 10.1. The van der Waals surface area contributed by atoms with Gasteiger partial charge < -0.3 is 0 Å². The van der Waals surface area contributed by atoms with E-state index in [0.717, 1.165) is 17.0 Å². The topological polar surface area (TPSA) is 0 Å². The zero-order valence-electron chi connectivity index (χ0n) is 9.69. The van der Waals surface area contributed by atoms with E-state index in [1.807, 2.05) is 30.3 Å². The monoisotopic (exact) mass is 218 g/mol. The Morgan fingerprint density at radius 3 is 1.88 bits per heavy atom. The number of hydrogen-bond acceptors (Lipinski definition) is 0. The first-order chi connectivity index (χ1) is 8.42. The van der Waals surface area contributed by atoms with Crippen molar-refractivity contribution in [2.24, 2.45) is 0 Å². The fourth-order valence-electron chi connectivity index (χ4n) is 1.92. The summed E-state index contributed by atoms with van der Waals surface area (Å²) in [6, 6.07) is 18.8. The van der Waals surface area contributed by atoms with E-state index in [-0.39, 0.29) is 0 Å². The fourth-order valence-corrected chi connectivity index (χ4v) is 1.92. The summed E-state index contributed by atoms with van der Waals surface area (Å²) < 4.78 is 0. The molecular formula is C17H14. The molecule has 0 aliphatic heterocycles. The maximum Gasteiger partial charge on any atom is 0.0249 e. The van der Waals surface area contributed by atoms with Gasteiger partial charge in [0.1, 0.15) is 0 Å². The molecule has 0 atom stereocenters. The summed E-state index contributed by atoms with van der Waals surface area (Å²) in [6.07, 6.45) is 2.71. The molecule has 0 amide bonds. The highest BCUT2D eigenvalue weighted by Crippen LogP contribution is 2.39. The van der Waals surface area contributed by atoms with Crippen LogP contribution >= 0.6 is 0 Å². The Hall–Kier alpha value is -2.00. The Bertz CT molecular complexity index is 548. The van der Waals surface area contributed by atoms with Crippen LogP contribution in [0.5, 0.6) is 0 Å². The average Bonchev–Trinajstić information content (AvgIpc) is 3.23. The van der Waals surface area contributed by atoms with Gasteiger partial charge in [-0.05, 0) is 48.6 Å². The van der Waals surface area contributed by atoms with Crippen LogP contribution in [-0.4, -0.2) is 0 Å². The third kappa shape index (κ3) is 2.57. The molecule has 0 saturated heterocycles. The van der Waals surface area contributed by atoms with Gasteiger partial charge in [-0.2, -0.15) is 0 Å². The van der Waals surface area contributed by atoms with E-state index in [9.17, 15) is 0 Å². The molecule has 1 aliphatic carbocycles. The Morgan fingerprint density at radius 1 is 0.706 bits per heavy atom. The van der Waals surface area contributed by atoms with E-state index >= 15 is 0 Å². The van der Waals surface area contributed by atoms with Gasteiger partial charge in [-0.3, -0.25) is 0 Å². The van der Waals surface area contributed by atoms with Crippen LogP contribution in [0.2, 0.25) is 0 Å². The first-order valence-electron chi connectivity index (χ1n) is 6.09. The van der Waals surface area contributed by atoms with Crippen LogP contribution in [0.3, 0.4) is 0 Å². The largest absolute Gasteiger partial charge is 0.0622 e. The summed E-state index contributed by atoms with van der Waals surface area (Å²) in [5.41, 5.74) is 3.63. The van der Waals surface area contributed by atoms with Gasteiger partial charge in [0.05, 0.1) is 0 Å². The van der Waals surface area contributed by atoms with Gasteiger partial charge in [0.2, 0.25) is 0 Å². The molecule has 0 heteroatoms. The molecule has 2 aromatic rings. The molecule has 0 aromatic heterocycles. The van der Waals surface area contributed by atoms with Crippen molar-refractivity contribution in [3.8, 4) is 11.8 Å². The van der Waals surface area contributed by atoms with Crippen molar-refractivity contribution in [2.45, 2.75) is 18.8 Å². The predicted molar refractivity (Wildman–Crippen MR) is 70.8 cm³/mol. The van der Waals surface area contributed by atoms with Gasteiger partial charge in [0.15, 0.2) is 0 Å². The Kier molecular flexibility index (Phi) is 2.68. The molecule has 3 rings (SSSR count). The molecule has 0 nitrogen and oxygen atoms in total. The molecule has 82 valence electrons. The van der Waals surface area contributed by atoms with Crippen LogP contribution in [0.25, 0.3) is 0 Å². The standard InChI is InChI=1S/C17H14/c1-2-4-14(5-3-1)6-7-15-8-10-16(11-9-15)17-12-13-17/h1-5,8-11,17H,12-13H2. The zero-order chi connectivity index (χ0) is 11.5. The van der Waals surface area contributed by atoms with Crippen molar-refractivity contribution in [3.63, 3.8) is 0 Å².